The van der Waals surface area contributed by atoms with Gasteiger partial charge < -0.3 is 15.4 Å². The largest absolute Gasteiger partial charge is 0.380 e. The number of hydrogen-bond acceptors (Lipinski definition) is 4. The third-order valence-corrected chi connectivity index (χ3v) is 3.57. The summed E-state index contributed by atoms with van der Waals surface area (Å²) in [6.45, 7) is 9.53. The van der Waals surface area contributed by atoms with Crippen LogP contribution >= 0.6 is 0 Å². The van der Waals surface area contributed by atoms with E-state index in [1.807, 2.05) is 18.7 Å². The van der Waals surface area contributed by atoms with Gasteiger partial charge in [-0.3, -0.25) is 9.69 Å². The minimum atomic E-state index is 0.153. The smallest absolute Gasteiger partial charge is 0.224 e. The molecule has 18 heavy (non-hydrogen) atoms. The molecule has 5 heteroatoms. The minimum Gasteiger partial charge on any atom is -0.380 e. The highest BCUT2D eigenvalue weighted by Crippen LogP contribution is 2.09. The summed E-state index contributed by atoms with van der Waals surface area (Å²) in [4.78, 5) is 16.3. The molecular formula is C13H27N3O2. The lowest BCUT2D eigenvalue weighted by Gasteiger charge is -2.30. The first-order valence-electron chi connectivity index (χ1n) is 7.02. The molecule has 0 aromatic rings. The Balaban J connectivity index is 2.51. The molecule has 1 fully saturated rings. The van der Waals surface area contributed by atoms with Crippen LogP contribution in [0.4, 0.5) is 0 Å². The highest BCUT2D eigenvalue weighted by Gasteiger charge is 2.23. The van der Waals surface area contributed by atoms with E-state index >= 15 is 0 Å². The maximum Gasteiger partial charge on any atom is 0.224 e. The van der Waals surface area contributed by atoms with E-state index in [1.54, 1.807) is 0 Å². The zero-order valence-electron chi connectivity index (χ0n) is 11.7. The summed E-state index contributed by atoms with van der Waals surface area (Å²) in [5, 5.41) is 0. The third-order valence-electron chi connectivity index (χ3n) is 3.57. The molecule has 1 amide bonds. The Labute approximate surface area is 110 Å². The van der Waals surface area contributed by atoms with Crippen LogP contribution in [-0.4, -0.2) is 67.7 Å². The van der Waals surface area contributed by atoms with Gasteiger partial charge in [-0.1, -0.05) is 0 Å². The van der Waals surface area contributed by atoms with Crippen LogP contribution in [0.3, 0.4) is 0 Å². The molecule has 1 unspecified atom stereocenters. The van der Waals surface area contributed by atoms with E-state index in [2.05, 4.69) is 4.90 Å². The van der Waals surface area contributed by atoms with Gasteiger partial charge in [0.2, 0.25) is 5.91 Å². The van der Waals surface area contributed by atoms with E-state index in [4.69, 9.17) is 10.5 Å². The van der Waals surface area contributed by atoms with Crippen molar-refractivity contribution in [2.45, 2.75) is 32.7 Å². The summed E-state index contributed by atoms with van der Waals surface area (Å²) >= 11 is 0. The second kappa shape index (κ2) is 8.45. The molecule has 2 N–H and O–H groups in total. The van der Waals surface area contributed by atoms with Crippen molar-refractivity contribution >= 4 is 5.91 Å². The van der Waals surface area contributed by atoms with Crippen LogP contribution in [0.2, 0.25) is 0 Å². The fraction of sp³-hybridized carbons (Fsp3) is 0.923. The van der Waals surface area contributed by atoms with Gasteiger partial charge in [0, 0.05) is 51.8 Å². The summed E-state index contributed by atoms with van der Waals surface area (Å²) in [5.41, 5.74) is 5.83. The molecule has 0 bridgehead atoms. The van der Waals surface area contributed by atoms with Gasteiger partial charge in [-0.25, -0.2) is 0 Å². The Hall–Kier alpha value is -0.650. The lowest BCUT2D eigenvalue weighted by Crippen LogP contribution is -2.45. The number of amides is 1. The standard InChI is InChI=1S/C13H27N3O2/c1-3-15(4-2)13(17)10-12(11-14)16-6-5-8-18-9-7-16/h12H,3-11,14H2,1-2H3. The quantitative estimate of drug-likeness (QED) is 0.743. The van der Waals surface area contributed by atoms with Gasteiger partial charge in [0.15, 0.2) is 0 Å². The highest BCUT2D eigenvalue weighted by molar-refractivity contribution is 5.76. The van der Waals surface area contributed by atoms with Crippen molar-refractivity contribution < 1.29 is 9.53 Å². The monoisotopic (exact) mass is 257 g/mol. The molecule has 0 aromatic heterocycles. The summed E-state index contributed by atoms with van der Waals surface area (Å²) in [7, 11) is 0. The zero-order valence-corrected chi connectivity index (χ0v) is 11.7. The van der Waals surface area contributed by atoms with Gasteiger partial charge in [-0.2, -0.15) is 0 Å². The second-order valence-electron chi connectivity index (χ2n) is 4.66. The molecule has 0 aromatic carbocycles. The third kappa shape index (κ3) is 4.55. The van der Waals surface area contributed by atoms with Crippen LogP contribution in [0.25, 0.3) is 0 Å². The highest BCUT2D eigenvalue weighted by atomic mass is 16.5. The lowest BCUT2D eigenvalue weighted by molar-refractivity contribution is -0.132. The Bertz CT molecular complexity index is 236. The first kappa shape index (κ1) is 15.4. The number of hydrogen-bond donors (Lipinski definition) is 1. The number of carbonyl (C=O) groups excluding carboxylic acids is 1. The predicted molar refractivity (Wildman–Crippen MR) is 72.4 cm³/mol. The maximum atomic E-state index is 12.1. The molecule has 1 rings (SSSR count). The molecule has 0 aliphatic carbocycles. The van der Waals surface area contributed by atoms with Crippen molar-refractivity contribution in [2.75, 3.05) is 45.9 Å². The maximum absolute atomic E-state index is 12.1. The summed E-state index contributed by atoms with van der Waals surface area (Å²) in [5.74, 6) is 0.209. The zero-order chi connectivity index (χ0) is 13.4. The molecule has 1 aliphatic rings. The van der Waals surface area contributed by atoms with Crippen molar-refractivity contribution in [1.82, 2.24) is 9.80 Å². The molecule has 1 saturated heterocycles. The molecule has 106 valence electrons. The predicted octanol–water partition coefficient (Wildman–Crippen LogP) is 0.295. The van der Waals surface area contributed by atoms with Crippen molar-refractivity contribution in [2.24, 2.45) is 5.73 Å². The Morgan fingerprint density at radius 3 is 2.67 bits per heavy atom. The SMILES string of the molecule is CCN(CC)C(=O)CC(CN)N1CCCOCC1. The number of ether oxygens (including phenoxy) is 1. The van der Waals surface area contributed by atoms with Crippen LogP contribution in [0.15, 0.2) is 0 Å². The Kier molecular flexibility index (Phi) is 7.23. The molecule has 0 radical (unpaired) electrons. The summed E-state index contributed by atoms with van der Waals surface area (Å²) in [6.07, 6.45) is 1.55. The molecule has 0 saturated carbocycles. The first-order chi connectivity index (χ1) is 8.72. The summed E-state index contributed by atoms with van der Waals surface area (Å²) in [6, 6.07) is 0.153. The number of rotatable bonds is 6. The fourth-order valence-corrected chi connectivity index (χ4v) is 2.40. The van der Waals surface area contributed by atoms with Crippen molar-refractivity contribution in [3.63, 3.8) is 0 Å². The summed E-state index contributed by atoms with van der Waals surface area (Å²) < 4.78 is 5.44. The van der Waals surface area contributed by atoms with E-state index in [1.165, 1.54) is 0 Å². The normalized spacial score (nSPS) is 19.3. The van der Waals surface area contributed by atoms with Crippen molar-refractivity contribution in [1.29, 1.82) is 0 Å². The van der Waals surface area contributed by atoms with Gasteiger partial charge in [-0.15, -0.1) is 0 Å². The van der Waals surface area contributed by atoms with Gasteiger partial charge >= 0.3 is 0 Å². The van der Waals surface area contributed by atoms with E-state index in [9.17, 15) is 4.79 Å². The van der Waals surface area contributed by atoms with Gasteiger partial charge in [-0.05, 0) is 20.3 Å². The molecule has 1 aliphatic heterocycles. The molecule has 5 nitrogen and oxygen atoms in total. The van der Waals surface area contributed by atoms with E-state index in [0.717, 1.165) is 45.8 Å². The first-order valence-corrected chi connectivity index (χ1v) is 7.02. The average molecular weight is 257 g/mol. The Morgan fingerprint density at radius 2 is 2.06 bits per heavy atom. The van der Waals surface area contributed by atoms with Crippen LogP contribution in [0, 0.1) is 0 Å². The number of nitrogens with zero attached hydrogens (tertiary/aromatic N) is 2. The van der Waals surface area contributed by atoms with Gasteiger partial charge in [0.1, 0.15) is 0 Å². The van der Waals surface area contributed by atoms with Crippen molar-refractivity contribution in [3.8, 4) is 0 Å². The second-order valence-corrected chi connectivity index (χ2v) is 4.66. The van der Waals surface area contributed by atoms with Gasteiger partial charge in [0.25, 0.3) is 0 Å². The van der Waals surface area contributed by atoms with Crippen LogP contribution < -0.4 is 5.73 Å². The number of nitrogens with two attached hydrogens (primary N) is 1. The van der Waals surface area contributed by atoms with E-state index < -0.39 is 0 Å². The van der Waals surface area contributed by atoms with Crippen molar-refractivity contribution in [3.05, 3.63) is 0 Å². The molecule has 0 spiro atoms. The van der Waals surface area contributed by atoms with Crippen LogP contribution in [0.5, 0.6) is 0 Å². The van der Waals surface area contributed by atoms with Crippen LogP contribution in [-0.2, 0) is 9.53 Å². The Morgan fingerprint density at radius 1 is 1.33 bits per heavy atom. The number of carbonyl (C=O) groups is 1. The van der Waals surface area contributed by atoms with E-state index in [0.29, 0.717) is 13.0 Å². The minimum absolute atomic E-state index is 0.153. The lowest BCUT2D eigenvalue weighted by atomic mass is 10.1. The molecule has 1 heterocycles. The molecular weight excluding hydrogens is 230 g/mol. The topological polar surface area (TPSA) is 58.8 Å². The van der Waals surface area contributed by atoms with E-state index in [-0.39, 0.29) is 11.9 Å². The van der Waals surface area contributed by atoms with Crippen LogP contribution in [0.1, 0.15) is 26.7 Å². The molecule has 1 atom stereocenters. The fourth-order valence-electron chi connectivity index (χ4n) is 2.40. The van der Waals surface area contributed by atoms with Gasteiger partial charge in [0.05, 0.1) is 6.61 Å². The average Bonchev–Trinajstić information content (AvgIpc) is 2.66.